The van der Waals surface area contributed by atoms with Crippen LogP contribution >= 0.6 is 0 Å². The monoisotopic (exact) mass is 465 g/mol. The van der Waals surface area contributed by atoms with Crippen LogP contribution in [0.1, 0.15) is 47.7 Å². The first-order chi connectivity index (χ1) is 16.5. The molecule has 1 aliphatic carbocycles. The molecule has 0 aromatic heterocycles. The number of hydrogen-bond donors (Lipinski definition) is 2. The molecule has 1 atom stereocenters. The van der Waals surface area contributed by atoms with E-state index >= 15 is 0 Å². The van der Waals surface area contributed by atoms with Crippen LogP contribution in [0.5, 0.6) is 5.75 Å². The maximum absolute atomic E-state index is 12.7. The van der Waals surface area contributed by atoms with E-state index in [1.54, 1.807) is 31.4 Å². The van der Waals surface area contributed by atoms with Crippen molar-refractivity contribution in [3.05, 3.63) is 59.2 Å². The summed E-state index contributed by atoms with van der Waals surface area (Å²) in [5, 5.41) is 12.2. The summed E-state index contributed by atoms with van der Waals surface area (Å²) in [7, 11) is 1.61. The number of methoxy groups -OCH3 is 1. The van der Waals surface area contributed by atoms with E-state index < -0.39 is 6.09 Å². The van der Waals surface area contributed by atoms with Gasteiger partial charge in [-0.3, -0.25) is 4.79 Å². The van der Waals surface area contributed by atoms with Gasteiger partial charge in [-0.15, -0.1) is 0 Å². The van der Waals surface area contributed by atoms with E-state index in [4.69, 9.17) is 4.74 Å². The quantitative estimate of drug-likeness (QED) is 0.628. The molecule has 0 saturated carbocycles. The normalized spacial score (nSPS) is 18.4. The molecule has 2 amide bonds. The van der Waals surface area contributed by atoms with E-state index in [0.717, 1.165) is 56.6 Å². The molecule has 0 radical (unpaired) electrons. The molecule has 2 N–H and O–H groups in total. The summed E-state index contributed by atoms with van der Waals surface area (Å²) in [5.74, 6) is 1.15. The van der Waals surface area contributed by atoms with Crippen LogP contribution in [0.3, 0.4) is 0 Å². The van der Waals surface area contributed by atoms with E-state index in [1.165, 1.54) is 16.0 Å². The predicted octanol–water partition coefficient (Wildman–Crippen LogP) is 4.52. The Bertz CT molecular complexity index is 999. The molecule has 4 rings (SSSR count). The Morgan fingerprint density at radius 2 is 1.82 bits per heavy atom. The summed E-state index contributed by atoms with van der Waals surface area (Å²) < 4.78 is 5.17. The van der Waals surface area contributed by atoms with Gasteiger partial charge in [0.25, 0.3) is 5.91 Å². The van der Waals surface area contributed by atoms with Crippen LogP contribution in [0.15, 0.2) is 42.5 Å². The summed E-state index contributed by atoms with van der Waals surface area (Å²) in [6.45, 7) is 5.52. The molecule has 7 nitrogen and oxygen atoms in total. The highest BCUT2D eigenvalue weighted by Gasteiger charge is 2.28. The standard InChI is InChI=1S/C27H35N3O4/c1-3-29(18-19-12-14-30(15-13-19)27(32)33)24-9-5-20-4-8-23(16-22(20)17-24)28-26(31)21-6-10-25(34-2)11-7-21/h4,6-8,10-11,16,19,24H,3,5,9,12-15,17-18H2,1-2H3,(H,28,31)(H,32,33). The predicted molar refractivity (Wildman–Crippen MR) is 133 cm³/mol. The number of nitrogens with one attached hydrogen (secondary N) is 1. The van der Waals surface area contributed by atoms with Crippen molar-refractivity contribution in [2.24, 2.45) is 5.92 Å². The Labute approximate surface area is 201 Å². The number of nitrogens with zero attached hydrogens (tertiary/aromatic N) is 2. The molecular formula is C27H35N3O4. The molecule has 34 heavy (non-hydrogen) atoms. The second-order valence-corrected chi connectivity index (χ2v) is 9.36. The molecule has 1 unspecified atom stereocenters. The van der Waals surface area contributed by atoms with Crippen LogP contribution in [0.4, 0.5) is 10.5 Å². The topological polar surface area (TPSA) is 82.1 Å². The lowest BCUT2D eigenvalue weighted by Crippen LogP contribution is -2.45. The van der Waals surface area contributed by atoms with Gasteiger partial charge in [0.2, 0.25) is 0 Å². The maximum Gasteiger partial charge on any atom is 0.407 e. The Morgan fingerprint density at radius 3 is 2.47 bits per heavy atom. The molecular weight excluding hydrogens is 430 g/mol. The third-order valence-corrected chi connectivity index (χ3v) is 7.32. The van der Waals surface area contributed by atoms with Gasteiger partial charge in [0.05, 0.1) is 7.11 Å². The van der Waals surface area contributed by atoms with Crippen LogP contribution < -0.4 is 10.1 Å². The van der Waals surface area contributed by atoms with Gasteiger partial charge in [-0.2, -0.15) is 0 Å². The van der Waals surface area contributed by atoms with Gasteiger partial charge < -0.3 is 25.0 Å². The van der Waals surface area contributed by atoms with Crippen LogP contribution in [0.2, 0.25) is 0 Å². The summed E-state index contributed by atoms with van der Waals surface area (Å²) in [5.41, 5.74) is 4.10. The fraction of sp³-hybridized carbons (Fsp3) is 0.481. The van der Waals surface area contributed by atoms with E-state index in [-0.39, 0.29) is 5.91 Å². The van der Waals surface area contributed by atoms with Crippen molar-refractivity contribution >= 4 is 17.7 Å². The minimum absolute atomic E-state index is 0.127. The van der Waals surface area contributed by atoms with Crippen molar-refractivity contribution in [1.82, 2.24) is 9.80 Å². The van der Waals surface area contributed by atoms with Gasteiger partial charge in [-0.25, -0.2) is 4.79 Å². The number of amides is 2. The molecule has 2 aliphatic rings. The van der Waals surface area contributed by atoms with E-state index in [2.05, 4.69) is 29.3 Å². The minimum Gasteiger partial charge on any atom is -0.497 e. The van der Waals surface area contributed by atoms with Gasteiger partial charge in [0.15, 0.2) is 0 Å². The summed E-state index contributed by atoms with van der Waals surface area (Å²) in [6.07, 6.45) is 4.22. The average Bonchev–Trinajstić information content (AvgIpc) is 2.87. The Balaban J connectivity index is 1.37. The molecule has 2 aromatic rings. The number of carbonyl (C=O) groups excluding carboxylic acids is 1. The molecule has 1 aliphatic heterocycles. The maximum atomic E-state index is 12.7. The van der Waals surface area contributed by atoms with Gasteiger partial charge in [-0.1, -0.05) is 13.0 Å². The van der Waals surface area contributed by atoms with Crippen molar-refractivity contribution in [1.29, 1.82) is 0 Å². The summed E-state index contributed by atoms with van der Waals surface area (Å²) in [6, 6.07) is 13.9. The summed E-state index contributed by atoms with van der Waals surface area (Å²) in [4.78, 5) is 28.0. The molecule has 1 saturated heterocycles. The second-order valence-electron chi connectivity index (χ2n) is 9.36. The fourth-order valence-corrected chi connectivity index (χ4v) is 5.25. The molecule has 1 fully saturated rings. The van der Waals surface area contributed by atoms with Gasteiger partial charge in [0.1, 0.15) is 5.75 Å². The van der Waals surface area contributed by atoms with E-state index in [9.17, 15) is 14.7 Å². The average molecular weight is 466 g/mol. The number of anilines is 1. The number of benzene rings is 2. The first kappa shape index (κ1) is 24.1. The zero-order valence-corrected chi connectivity index (χ0v) is 20.1. The van der Waals surface area contributed by atoms with Gasteiger partial charge >= 0.3 is 6.09 Å². The lowest BCUT2D eigenvalue weighted by molar-refractivity contribution is 0.101. The number of aryl methyl sites for hydroxylation is 1. The van der Waals surface area contributed by atoms with Crippen molar-refractivity contribution in [3.63, 3.8) is 0 Å². The number of likely N-dealkylation sites (N-methyl/N-ethyl adjacent to an activating group) is 1. The van der Waals surface area contributed by atoms with Gasteiger partial charge in [-0.05, 0) is 92.1 Å². The first-order valence-electron chi connectivity index (χ1n) is 12.3. The number of piperidine rings is 1. The Hall–Kier alpha value is -3.06. The number of likely N-dealkylation sites (tertiary alicyclic amines) is 1. The Kier molecular flexibility index (Phi) is 7.73. The molecule has 182 valence electrons. The zero-order chi connectivity index (χ0) is 24.1. The van der Waals surface area contributed by atoms with Crippen LogP contribution in [0.25, 0.3) is 0 Å². The third kappa shape index (κ3) is 5.70. The zero-order valence-electron chi connectivity index (χ0n) is 20.1. The molecule has 7 heteroatoms. The molecule has 2 aromatic carbocycles. The third-order valence-electron chi connectivity index (χ3n) is 7.32. The van der Waals surface area contributed by atoms with E-state index in [0.29, 0.717) is 30.6 Å². The smallest absolute Gasteiger partial charge is 0.407 e. The highest BCUT2D eigenvalue weighted by atomic mass is 16.5. The van der Waals surface area contributed by atoms with Crippen molar-refractivity contribution in [3.8, 4) is 5.75 Å². The fourth-order valence-electron chi connectivity index (χ4n) is 5.25. The van der Waals surface area contributed by atoms with Crippen molar-refractivity contribution in [2.45, 2.75) is 45.1 Å². The lowest BCUT2D eigenvalue weighted by Gasteiger charge is -2.39. The number of carboxylic acid groups (broad SMARTS) is 1. The second kappa shape index (κ2) is 10.9. The highest BCUT2D eigenvalue weighted by molar-refractivity contribution is 6.04. The molecule has 0 spiro atoms. The first-order valence-corrected chi connectivity index (χ1v) is 12.3. The largest absolute Gasteiger partial charge is 0.497 e. The SMILES string of the molecule is CCN(CC1CCN(C(=O)O)CC1)C1CCc2ccc(NC(=O)c3ccc(OC)cc3)cc2C1. The number of rotatable bonds is 7. The number of ether oxygens (including phenoxy) is 1. The lowest BCUT2D eigenvalue weighted by atomic mass is 9.86. The Morgan fingerprint density at radius 1 is 1.09 bits per heavy atom. The number of carbonyl (C=O) groups is 2. The van der Waals surface area contributed by atoms with Crippen LogP contribution in [-0.2, 0) is 12.8 Å². The number of fused-ring (bicyclic) bond motifs is 1. The van der Waals surface area contributed by atoms with Crippen LogP contribution in [-0.4, -0.2) is 66.2 Å². The minimum atomic E-state index is -0.801. The van der Waals surface area contributed by atoms with Crippen molar-refractivity contribution < 1.29 is 19.4 Å². The number of hydrogen-bond acceptors (Lipinski definition) is 4. The van der Waals surface area contributed by atoms with Gasteiger partial charge in [0, 0.05) is 36.9 Å². The van der Waals surface area contributed by atoms with Crippen molar-refractivity contribution in [2.75, 3.05) is 38.6 Å². The summed E-state index contributed by atoms with van der Waals surface area (Å²) >= 11 is 0. The van der Waals surface area contributed by atoms with E-state index in [1.807, 2.05) is 6.07 Å². The van der Waals surface area contributed by atoms with Crippen LogP contribution in [0, 0.1) is 5.92 Å². The molecule has 0 bridgehead atoms. The molecule has 1 heterocycles. The highest BCUT2D eigenvalue weighted by Crippen LogP contribution is 2.29.